The van der Waals surface area contributed by atoms with Crippen LogP contribution in [0, 0.1) is 5.82 Å². The molecule has 0 spiro atoms. The summed E-state index contributed by atoms with van der Waals surface area (Å²) in [5, 5.41) is 13.0. The molecule has 0 unspecified atom stereocenters. The Balaban J connectivity index is 2.56. The van der Waals surface area contributed by atoms with Gasteiger partial charge in [-0.25, -0.2) is 9.71 Å². The molecule has 77 valence electrons. The Hall–Kier alpha value is -1.88. The van der Waals surface area contributed by atoms with Gasteiger partial charge in [0.1, 0.15) is 11.5 Å². The molecule has 0 atom stereocenters. The number of benzene rings is 1. The highest BCUT2D eigenvalue weighted by Gasteiger charge is 2.25. The zero-order chi connectivity index (χ0) is 11.0. The Morgan fingerprint density at radius 1 is 1.53 bits per heavy atom. The van der Waals surface area contributed by atoms with Gasteiger partial charge in [0.2, 0.25) is 0 Å². The van der Waals surface area contributed by atoms with Gasteiger partial charge in [-0.15, -0.1) is 0 Å². The molecular weight excluding hydrogens is 199 g/mol. The predicted molar refractivity (Wildman–Crippen MR) is 51.4 cm³/mol. The SMILES string of the molecule is NC(=O)C1=C(CO)c2cc(F)ccc2[N]1. The lowest BCUT2D eigenvalue weighted by Gasteiger charge is -1.99. The highest BCUT2D eigenvalue weighted by molar-refractivity contribution is 6.04. The molecule has 1 amide bonds. The van der Waals surface area contributed by atoms with Crippen LogP contribution in [-0.2, 0) is 4.79 Å². The minimum absolute atomic E-state index is 0.00176. The molecule has 0 fully saturated rings. The summed E-state index contributed by atoms with van der Waals surface area (Å²) < 4.78 is 12.9. The summed E-state index contributed by atoms with van der Waals surface area (Å²) in [7, 11) is 0. The Kier molecular flexibility index (Phi) is 2.17. The molecule has 0 bridgehead atoms. The van der Waals surface area contributed by atoms with Gasteiger partial charge in [0.15, 0.2) is 0 Å². The molecule has 1 aliphatic rings. The van der Waals surface area contributed by atoms with Crippen LogP contribution >= 0.6 is 0 Å². The van der Waals surface area contributed by atoms with E-state index in [4.69, 9.17) is 10.8 Å². The van der Waals surface area contributed by atoms with E-state index in [0.29, 0.717) is 11.3 Å². The van der Waals surface area contributed by atoms with Crippen molar-refractivity contribution >= 4 is 17.2 Å². The molecular formula is C10H8FN2O2. The normalized spacial score (nSPS) is 13.7. The third kappa shape index (κ3) is 1.46. The fraction of sp³-hybridized carbons (Fsp3) is 0.100. The van der Waals surface area contributed by atoms with E-state index in [1.807, 2.05) is 0 Å². The second kappa shape index (κ2) is 3.36. The maximum atomic E-state index is 12.9. The topological polar surface area (TPSA) is 77.4 Å². The quantitative estimate of drug-likeness (QED) is 0.729. The van der Waals surface area contributed by atoms with Gasteiger partial charge >= 0.3 is 0 Å². The first-order valence-corrected chi connectivity index (χ1v) is 4.29. The standard InChI is InChI=1S/C10H8FN2O2/c11-5-1-2-8-6(3-5)7(4-14)9(13-8)10(12)15/h1-3,14H,4H2,(H2,12,15). The molecule has 0 aliphatic carbocycles. The highest BCUT2D eigenvalue weighted by Crippen LogP contribution is 2.34. The Morgan fingerprint density at radius 3 is 2.87 bits per heavy atom. The number of fused-ring (bicyclic) bond motifs is 1. The van der Waals surface area contributed by atoms with Crippen molar-refractivity contribution < 1.29 is 14.3 Å². The molecule has 5 heteroatoms. The van der Waals surface area contributed by atoms with Crippen molar-refractivity contribution in [3.63, 3.8) is 0 Å². The fourth-order valence-corrected chi connectivity index (χ4v) is 1.53. The van der Waals surface area contributed by atoms with Gasteiger partial charge in [-0.3, -0.25) is 4.79 Å². The molecule has 1 aromatic carbocycles. The van der Waals surface area contributed by atoms with Gasteiger partial charge in [0, 0.05) is 11.1 Å². The minimum Gasteiger partial charge on any atom is -0.392 e. The number of aliphatic hydroxyl groups excluding tert-OH is 1. The van der Waals surface area contributed by atoms with Crippen LogP contribution in [0.4, 0.5) is 10.1 Å². The van der Waals surface area contributed by atoms with Gasteiger partial charge in [0.25, 0.3) is 5.91 Å². The number of aliphatic hydroxyl groups is 1. The van der Waals surface area contributed by atoms with Crippen LogP contribution in [0.15, 0.2) is 23.9 Å². The van der Waals surface area contributed by atoms with Crippen molar-refractivity contribution in [2.75, 3.05) is 6.61 Å². The number of rotatable bonds is 2. The lowest BCUT2D eigenvalue weighted by Crippen LogP contribution is -2.18. The second-order valence-corrected chi connectivity index (χ2v) is 3.12. The van der Waals surface area contributed by atoms with Gasteiger partial charge in [-0.1, -0.05) is 0 Å². The predicted octanol–water partition coefficient (Wildman–Crippen LogP) is 0.264. The molecule has 1 heterocycles. The number of nitrogens with two attached hydrogens (primary N) is 1. The van der Waals surface area contributed by atoms with Crippen LogP contribution in [0.5, 0.6) is 0 Å². The minimum atomic E-state index is -0.726. The second-order valence-electron chi connectivity index (χ2n) is 3.12. The number of hydrogen-bond acceptors (Lipinski definition) is 2. The maximum absolute atomic E-state index is 12.9. The molecule has 1 radical (unpaired) electrons. The monoisotopic (exact) mass is 207 g/mol. The van der Waals surface area contributed by atoms with Crippen molar-refractivity contribution in [1.82, 2.24) is 5.32 Å². The summed E-state index contributed by atoms with van der Waals surface area (Å²) >= 11 is 0. The summed E-state index contributed by atoms with van der Waals surface area (Å²) in [5.41, 5.74) is 6.23. The van der Waals surface area contributed by atoms with Crippen molar-refractivity contribution in [3.05, 3.63) is 35.3 Å². The zero-order valence-corrected chi connectivity index (χ0v) is 7.70. The van der Waals surface area contributed by atoms with Crippen LogP contribution < -0.4 is 11.1 Å². The summed E-state index contributed by atoms with van der Waals surface area (Å²) in [6.07, 6.45) is 0. The lowest BCUT2D eigenvalue weighted by molar-refractivity contribution is -0.114. The number of halogens is 1. The summed E-state index contributed by atoms with van der Waals surface area (Å²) in [6, 6.07) is 3.90. The smallest absolute Gasteiger partial charge is 0.267 e. The first-order valence-electron chi connectivity index (χ1n) is 4.29. The van der Waals surface area contributed by atoms with E-state index in [9.17, 15) is 9.18 Å². The van der Waals surface area contributed by atoms with Gasteiger partial charge in [-0.05, 0) is 18.2 Å². The van der Waals surface area contributed by atoms with Crippen LogP contribution in [0.3, 0.4) is 0 Å². The number of primary amides is 1. The molecule has 1 aliphatic heterocycles. The van der Waals surface area contributed by atoms with Crippen molar-refractivity contribution in [2.45, 2.75) is 0 Å². The van der Waals surface area contributed by atoms with Crippen LogP contribution in [0.1, 0.15) is 5.56 Å². The molecule has 1 aromatic rings. The largest absolute Gasteiger partial charge is 0.392 e. The van der Waals surface area contributed by atoms with Crippen molar-refractivity contribution in [3.8, 4) is 0 Å². The molecule has 3 N–H and O–H groups in total. The Morgan fingerprint density at radius 2 is 2.27 bits per heavy atom. The van der Waals surface area contributed by atoms with Crippen LogP contribution in [-0.4, -0.2) is 17.6 Å². The number of carbonyl (C=O) groups excluding carboxylic acids is 1. The molecule has 4 nitrogen and oxygen atoms in total. The molecule has 0 aromatic heterocycles. The van der Waals surface area contributed by atoms with E-state index in [1.54, 1.807) is 0 Å². The average Bonchev–Trinajstić information content (AvgIpc) is 2.55. The van der Waals surface area contributed by atoms with Gasteiger partial charge < -0.3 is 10.8 Å². The number of hydrogen-bond donors (Lipinski definition) is 2. The molecule has 2 rings (SSSR count). The van der Waals surface area contributed by atoms with Crippen molar-refractivity contribution in [1.29, 1.82) is 0 Å². The van der Waals surface area contributed by atoms with E-state index in [-0.39, 0.29) is 11.3 Å². The fourth-order valence-electron chi connectivity index (χ4n) is 1.53. The van der Waals surface area contributed by atoms with E-state index in [2.05, 4.69) is 5.32 Å². The lowest BCUT2D eigenvalue weighted by atomic mass is 10.1. The first kappa shape index (κ1) is 9.67. The van der Waals surface area contributed by atoms with E-state index in [0.717, 1.165) is 0 Å². The number of amides is 1. The number of carbonyl (C=O) groups is 1. The summed E-state index contributed by atoms with van der Waals surface area (Å²) in [4.78, 5) is 11.0. The Labute approximate surface area is 85.2 Å². The Bertz CT molecular complexity index is 468. The highest BCUT2D eigenvalue weighted by atomic mass is 19.1. The van der Waals surface area contributed by atoms with Gasteiger partial charge in [-0.2, -0.15) is 0 Å². The summed E-state index contributed by atoms with van der Waals surface area (Å²) in [6.45, 7) is -0.391. The average molecular weight is 207 g/mol. The van der Waals surface area contributed by atoms with Crippen molar-refractivity contribution in [2.24, 2.45) is 5.73 Å². The van der Waals surface area contributed by atoms with Crippen LogP contribution in [0.2, 0.25) is 0 Å². The molecule has 15 heavy (non-hydrogen) atoms. The maximum Gasteiger partial charge on any atom is 0.267 e. The van der Waals surface area contributed by atoms with Gasteiger partial charge in [0.05, 0.1) is 12.3 Å². The zero-order valence-electron chi connectivity index (χ0n) is 7.70. The first-order chi connectivity index (χ1) is 7.13. The number of nitrogens with zero attached hydrogens (tertiary/aromatic N) is 1. The van der Waals surface area contributed by atoms with Crippen LogP contribution in [0.25, 0.3) is 5.57 Å². The third-order valence-corrected chi connectivity index (χ3v) is 2.19. The molecule has 0 saturated heterocycles. The molecule has 0 saturated carbocycles. The van der Waals surface area contributed by atoms with E-state index in [1.165, 1.54) is 18.2 Å². The van der Waals surface area contributed by atoms with E-state index >= 15 is 0 Å². The van der Waals surface area contributed by atoms with E-state index < -0.39 is 18.3 Å². The summed E-state index contributed by atoms with van der Waals surface area (Å²) in [5.74, 6) is -1.17. The third-order valence-electron chi connectivity index (χ3n) is 2.19.